The van der Waals surface area contributed by atoms with E-state index in [1.165, 1.54) is 0 Å². The molecule has 2 rings (SSSR count). The fraction of sp³-hybridized carbons (Fsp3) is 0.429. The lowest BCUT2D eigenvalue weighted by Gasteiger charge is -2.40. The van der Waals surface area contributed by atoms with Crippen LogP contribution in [-0.2, 0) is 6.54 Å². The molecule has 0 saturated carbocycles. The third kappa shape index (κ3) is 5.38. The summed E-state index contributed by atoms with van der Waals surface area (Å²) in [6, 6.07) is 17.2. The molecule has 0 saturated heterocycles. The molecule has 0 spiro atoms. The minimum atomic E-state index is -0.352. The lowest BCUT2D eigenvalue weighted by Crippen LogP contribution is -2.52. The van der Waals surface area contributed by atoms with Gasteiger partial charge in [0.1, 0.15) is 6.54 Å². The summed E-state index contributed by atoms with van der Waals surface area (Å²) in [4.78, 5) is 10.5. The van der Waals surface area contributed by atoms with Crippen molar-refractivity contribution >= 4 is 5.69 Å². The van der Waals surface area contributed by atoms with Gasteiger partial charge in [0.2, 0.25) is 0 Å². The van der Waals surface area contributed by atoms with Gasteiger partial charge in [-0.1, -0.05) is 44.2 Å². The molecule has 140 valence electrons. The van der Waals surface area contributed by atoms with Crippen molar-refractivity contribution in [2.24, 2.45) is 5.73 Å². The topological polar surface area (TPSA) is 69.2 Å². The zero-order valence-corrected chi connectivity index (χ0v) is 15.8. The van der Waals surface area contributed by atoms with Crippen molar-refractivity contribution in [3.8, 4) is 0 Å². The summed E-state index contributed by atoms with van der Waals surface area (Å²) in [7, 11) is 0. The minimum absolute atomic E-state index is 0.0210. The van der Waals surface area contributed by atoms with Crippen molar-refractivity contribution < 1.29 is 9.41 Å². The van der Waals surface area contributed by atoms with Crippen LogP contribution in [0.15, 0.2) is 54.6 Å². The number of hydrogen-bond donors (Lipinski definition) is 1. The predicted octanol–water partition coefficient (Wildman–Crippen LogP) is 4.43. The molecule has 0 heterocycles. The molecule has 0 amide bonds. The molecule has 2 aromatic rings. The molecule has 0 aliphatic rings. The van der Waals surface area contributed by atoms with Crippen molar-refractivity contribution in [2.75, 3.05) is 19.6 Å². The first-order chi connectivity index (χ1) is 12.5. The highest BCUT2D eigenvalue weighted by atomic mass is 16.6. The molecule has 2 aromatic carbocycles. The van der Waals surface area contributed by atoms with Gasteiger partial charge in [-0.3, -0.25) is 10.1 Å². The van der Waals surface area contributed by atoms with E-state index < -0.39 is 0 Å². The Morgan fingerprint density at radius 3 is 2.08 bits per heavy atom. The van der Waals surface area contributed by atoms with E-state index >= 15 is 0 Å². The molecular weight excluding hydrogens is 326 g/mol. The summed E-state index contributed by atoms with van der Waals surface area (Å²) in [6.45, 7) is 8.21. The highest BCUT2D eigenvalue weighted by Gasteiger charge is 2.29. The molecule has 5 heteroatoms. The number of nitrogens with two attached hydrogens (primary N) is 1. The van der Waals surface area contributed by atoms with Crippen molar-refractivity contribution in [2.45, 2.75) is 39.3 Å². The fourth-order valence-electron chi connectivity index (χ4n) is 3.80. The standard InChI is InChI=1S/C21H30N3O2/c1-3-14-24(15-4-2,17-21(22)19-8-6-5-7-9-19)16-18-10-12-20(13-11-18)23(25)26/h5-13,21H,3-4,14-17,22H2,1-2H3/q+1. The van der Waals surface area contributed by atoms with Gasteiger partial charge in [0.05, 0.1) is 30.6 Å². The molecule has 5 nitrogen and oxygen atoms in total. The second-order valence-electron chi connectivity index (χ2n) is 7.07. The summed E-state index contributed by atoms with van der Waals surface area (Å²) in [5.41, 5.74) is 8.97. The summed E-state index contributed by atoms with van der Waals surface area (Å²) < 4.78 is 0.904. The van der Waals surface area contributed by atoms with Crippen LogP contribution in [0.2, 0.25) is 0 Å². The zero-order valence-electron chi connectivity index (χ0n) is 15.8. The summed E-state index contributed by atoms with van der Waals surface area (Å²) >= 11 is 0. The average molecular weight is 356 g/mol. The Bertz CT molecular complexity index is 680. The van der Waals surface area contributed by atoms with Gasteiger partial charge < -0.3 is 10.2 Å². The maximum Gasteiger partial charge on any atom is 0.269 e. The second-order valence-corrected chi connectivity index (χ2v) is 7.07. The van der Waals surface area contributed by atoms with Crippen LogP contribution in [0.4, 0.5) is 5.69 Å². The molecule has 26 heavy (non-hydrogen) atoms. The van der Waals surface area contributed by atoms with E-state index in [-0.39, 0.29) is 16.7 Å². The van der Waals surface area contributed by atoms with E-state index in [9.17, 15) is 10.1 Å². The first-order valence-electron chi connectivity index (χ1n) is 9.38. The number of nitro groups is 1. The van der Waals surface area contributed by atoms with Gasteiger partial charge in [0.15, 0.2) is 0 Å². The molecule has 0 aliphatic carbocycles. The second kappa shape index (κ2) is 9.46. The van der Waals surface area contributed by atoms with E-state index in [0.29, 0.717) is 0 Å². The number of rotatable bonds is 10. The Morgan fingerprint density at radius 2 is 1.58 bits per heavy atom. The van der Waals surface area contributed by atoms with E-state index in [0.717, 1.165) is 54.6 Å². The van der Waals surface area contributed by atoms with Crippen molar-refractivity contribution in [3.05, 3.63) is 75.8 Å². The fourth-order valence-corrected chi connectivity index (χ4v) is 3.80. The maximum atomic E-state index is 10.9. The summed E-state index contributed by atoms with van der Waals surface area (Å²) in [6.07, 6.45) is 2.16. The van der Waals surface area contributed by atoms with Crippen LogP contribution in [-0.4, -0.2) is 29.0 Å². The van der Waals surface area contributed by atoms with Crippen LogP contribution in [0, 0.1) is 10.1 Å². The van der Waals surface area contributed by atoms with E-state index in [1.807, 2.05) is 30.3 Å². The Labute approximate surface area is 156 Å². The molecule has 0 aromatic heterocycles. The van der Waals surface area contributed by atoms with Gasteiger partial charge in [-0.2, -0.15) is 0 Å². The third-order valence-electron chi connectivity index (χ3n) is 4.87. The largest absolute Gasteiger partial charge is 0.319 e. The number of quaternary nitrogens is 1. The normalized spacial score (nSPS) is 12.7. The molecule has 0 radical (unpaired) electrons. The molecule has 0 aliphatic heterocycles. The highest BCUT2D eigenvalue weighted by molar-refractivity contribution is 5.32. The number of nitro benzene ring substituents is 1. The molecule has 2 N–H and O–H groups in total. The van der Waals surface area contributed by atoms with Crippen molar-refractivity contribution in [1.82, 2.24) is 0 Å². The zero-order chi connectivity index (χ0) is 19.0. The highest BCUT2D eigenvalue weighted by Crippen LogP contribution is 2.23. The van der Waals surface area contributed by atoms with E-state index in [2.05, 4.69) is 26.0 Å². The molecule has 0 bridgehead atoms. The van der Waals surface area contributed by atoms with Crippen molar-refractivity contribution in [1.29, 1.82) is 0 Å². The number of non-ortho nitro benzene ring substituents is 1. The third-order valence-corrected chi connectivity index (χ3v) is 4.87. The molecule has 0 fully saturated rings. The monoisotopic (exact) mass is 356 g/mol. The Hall–Kier alpha value is -2.24. The van der Waals surface area contributed by atoms with Gasteiger partial charge in [0, 0.05) is 17.7 Å². The van der Waals surface area contributed by atoms with Crippen LogP contribution in [0.3, 0.4) is 0 Å². The maximum absolute atomic E-state index is 10.9. The van der Waals surface area contributed by atoms with Crippen LogP contribution in [0.1, 0.15) is 43.9 Å². The smallest absolute Gasteiger partial charge is 0.269 e. The lowest BCUT2D eigenvalue weighted by molar-refractivity contribution is -0.942. The van der Waals surface area contributed by atoms with Gasteiger partial charge in [-0.25, -0.2) is 0 Å². The Morgan fingerprint density at radius 1 is 1.00 bits per heavy atom. The van der Waals surface area contributed by atoms with Crippen LogP contribution >= 0.6 is 0 Å². The van der Waals surface area contributed by atoms with Gasteiger partial charge in [-0.05, 0) is 30.5 Å². The van der Waals surface area contributed by atoms with Crippen LogP contribution < -0.4 is 5.73 Å². The minimum Gasteiger partial charge on any atom is -0.319 e. The summed E-state index contributed by atoms with van der Waals surface area (Å²) in [5.74, 6) is 0. The lowest BCUT2D eigenvalue weighted by atomic mass is 10.0. The van der Waals surface area contributed by atoms with Crippen molar-refractivity contribution in [3.63, 3.8) is 0 Å². The average Bonchev–Trinajstić information content (AvgIpc) is 2.63. The Balaban J connectivity index is 2.24. The first kappa shape index (κ1) is 20.1. The SMILES string of the molecule is CCC[N+](CCC)(Cc1ccc([N+](=O)[O-])cc1)CC(N)c1ccccc1. The predicted molar refractivity (Wildman–Crippen MR) is 106 cm³/mol. The Kier molecular flexibility index (Phi) is 7.30. The van der Waals surface area contributed by atoms with Crippen LogP contribution in [0.5, 0.6) is 0 Å². The quantitative estimate of drug-likeness (QED) is 0.389. The molecular formula is C21H30N3O2+. The number of benzene rings is 2. The first-order valence-corrected chi connectivity index (χ1v) is 9.38. The van der Waals surface area contributed by atoms with Crippen LogP contribution in [0.25, 0.3) is 0 Å². The molecule has 1 unspecified atom stereocenters. The van der Waals surface area contributed by atoms with Gasteiger partial charge in [0.25, 0.3) is 5.69 Å². The number of hydrogen-bond acceptors (Lipinski definition) is 3. The van der Waals surface area contributed by atoms with E-state index in [4.69, 9.17) is 5.73 Å². The van der Waals surface area contributed by atoms with Gasteiger partial charge >= 0.3 is 0 Å². The van der Waals surface area contributed by atoms with Gasteiger partial charge in [-0.15, -0.1) is 0 Å². The molecule has 1 atom stereocenters. The number of nitrogens with zero attached hydrogens (tertiary/aromatic N) is 2. The van der Waals surface area contributed by atoms with E-state index in [1.54, 1.807) is 12.1 Å². The summed E-state index contributed by atoms with van der Waals surface area (Å²) in [5, 5.41) is 10.9.